The van der Waals surface area contributed by atoms with Crippen LogP contribution < -0.4 is 10.1 Å². The molecule has 0 radical (unpaired) electrons. The lowest BCUT2D eigenvalue weighted by Gasteiger charge is -2.45. The molecule has 5 rings (SSSR count). The molecule has 4 heterocycles. The molecule has 134 valence electrons. The van der Waals surface area contributed by atoms with E-state index in [-0.39, 0.29) is 11.9 Å². The van der Waals surface area contributed by atoms with Gasteiger partial charge in [0.05, 0.1) is 12.8 Å². The van der Waals surface area contributed by atoms with Gasteiger partial charge in [-0.05, 0) is 50.9 Å². The molecule has 1 aromatic carbocycles. The molecular weight excluding hydrogens is 318 g/mol. The van der Waals surface area contributed by atoms with E-state index in [0.29, 0.717) is 12.3 Å². The summed E-state index contributed by atoms with van der Waals surface area (Å²) in [5, 5.41) is 7.42. The molecule has 1 aromatic rings. The maximum atomic E-state index is 12.9. The molecule has 3 fully saturated rings. The van der Waals surface area contributed by atoms with Crippen molar-refractivity contribution < 1.29 is 14.4 Å². The molecule has 3 saturated heterocycles. The van der Waals surface area contributed by atoms with E-state index in [1.165, 1.54) is 12.8 Å². The number of rotatable bonds is 4. The van der Waals surface area contributed by atoms with Crippen LogP contribution in [0.2, 0.25) is 0 Å². The summed E-state index contributed by atoms with van der Waals surface area (Å²) in [5.74, 6) is 1.26. The van der Waals surface area contributed by atoms with Crippen LogP contribution in [0.1, 0.15) is 31.7 Å². The summed E-state index contributed by atoms with van der Waals surface area (Å²) in [5.41, 5.74) is 0.677. The van der Waals surface area contributed by atoms with Crippen molar-refractivity contribution in [1.29, 1.82) is 0 Å². The fraction of sp³-hybridized carbons (Fsp3) is 0.579. The Kier molecular flexibility index (Phi) is 4.15. The van der Waals surface area contributed by atoms with Crippen molar-refractivity contribution in [3.63, 3.8) is 0 Å². The molecule has 1 N–H and O–H groups in total. The van der Waals surface area contributed by atoms with Crippen LogP contribution in [0.3, 0.4) is 0 Å². The average Bonchev–Trinajstić information content (AvgIpc) is 3.06. The van der Waals surface area contributed by atoms with E-state index in [9.17, 15) is 4.79 Å². The zero-order chi connectivity index (χ0) is 17.4. The van der Waals surface area contributed by atoms with Gasteiger partial charge in [-0.15, -0.1) is 0 Å². The fourth-order valence-corrected chi connectivity index (χ4v) is 4.14. The Morgan fingerprint density at radius 2 is 2.12 bits per heavy atom. The number of ether oxygens (including phenoxy) is 1. The van der Waals surface area contributed by atoms with Crippen molar-refractivity contribution in [2.24, 2.45) is 11.1 Å². The maximum Gasteiger partial charge on any atom is 0.267 e. The molecular formula is C19H25N3O3. The summed E-state index contributed by atoms with van der Waals surface area (Å²) >= 11 is 0. The number of oxime groups is 1. The number of piperidine rings is 3. The Bertz CT molecular complexity index is 697. The lowest BCUT2D eigenvalue weighted by molar-refractivity contribution is -0.143. The van der Waals surface area contributed by atoms with Crippen molar-refractivity contribution in [3.8, 4) is 5.75 Å². The van der Waals surface area contributed by atoms with Crippen LogP contribution in [0.5, 0.6) is 5.75 Å². The van der Waals surface area contributed by atoms with Crippen LogP contribution in [-0.4, -0.2) is 54.9 Å². The molecule has 0 saturated carbocycles. The van der Waals surface area contributed by atoms with Crippen LogP contribution in [0.25, 0.3) is 0 Å². The fourth-order valence-electron chi connectivity index (χ4n) is 4.14. The first-order chi connectivity index (χ1) is 12.1. The average molecular weight is 343 g/mol. The molecule has 6 nitrogen and oxygen atoms in total. The van der Waals surface area contributed by atoms with Gasteiger partial charge >= 0.3 is 0 Å². The summed E-state index contributed by atoms with van der Waals surface area (Å²) in [6.07, 6.45) is 2.79. The lowest BCUT2D eigenvalue weighted by Crippen LogP contribution is -2.60. The summed E-state index contributed by atoms with van der Waals surface area (Å²) in [7, 11) is 1.63. The molecule has 0 aromatic heterocycles. The van der Waals surface area contributed by atoms with Gasteiger partial charge in [0.1, 0.15) is 5.75 Å². The van der Waals surface area contributed by atoms with Crippen molar-refractivity contribution in [2.45, 2.75) is 37.8 Å². The first-order valence-electron chi connectivity index (χ1n) is 9.01. The number of methoxy groups -OCH3 is 1. The molecule has 0 spiro atoms. The highest BCUT2D eigenvalue weighted by Gasteiger charge is 2.45. The number of fused-ring (bicyclic) bond motifs is 3. The standard InChI is InChI=1S/C19H25N3O3/c1-19(18(23)20-16-12-22-9-7-13(16)8-10-22)11-15(21-25-19)14-5-3-4-6-17(14)24-2/h3-6,13,16H,7-12H2,1-2H3,(H,20,23). The number of nitrogens with zero attached hydrogens (tertiary/aromatic N) is 2. The SMILES string of the molecule is COc1ccccc1C1=NOC(C)(C(=O)NC2CN3CCC2CC3)C1. The number of carbonyl (C=O) groups is 1. The second-order valence-corrected chi connectivity index (χ2v) is 7.46. The van der Waals surface area contributed by atoms with E-state index in [1.54, 1.807) is 7.11 Å². The molecule has 0 aliphatic carbocycles. The third-order valence-electron chi connectivity index (χ3n) is 5.73. The Labute approximate surface area is 148 Å². The quantitative estimate of drug-likeness (QED) is 0.905. The molecule has 2 unspecified atom stereocenters. The van der Waals surface area contributed by atoms with Crippen molar-refractivity contribution in [1.82, 2.24) is 10.2 Å². The minimum atomic E-state index is -0.956. The van der Waals surface area contributed by atoms with E-state index in [0.717, 1.165) is 36.7 Å². The first-order valence-corrected chi connectivity index (χ1v) is 9.01. The molecule has 1 amide bonds. The van der Waals surface area contributed by atoms with E-state index in [2.05, 4.69) is 15.4 Å². The zero-order valence-electron chi connectivity index (χ0n) is 14.8. The van der Waals surface area contributed by atoms with Gasteiger partial charge < -0.3 is 19.8 Å². The van der Waals surface area contributed by atoms with E-state index >= 15 is 0 Å². The maximum absolute atomic E-state index is 12.9. The molecule has 4 aliphatic heterocycles. The molecule has 4 aliphatic rings. The Morgan fingerprint density at radius 1 is 1.36 bits per heavy atom. The van der Waals surface area contributed by atoms with E-state index < -0.39 is 5.60 Å². The number of benzene rings is 1. The van der Waals surface area contributed by atoms with Gasteiger partial charge in [-0.2, -0.15) is 0 Å². The second kappa shape index (κ2) is 6.33. The van der Waals surface area contributed by atoms with Crippen LogP contribution in [0, 0.1) is 5.92 Å². The highest BCUT2D eigenvalue weighted by molar-refractivity contribution is 6.07. The van der Waals surface area contributed by atoms with Gasteiger partial charge in [0.15, 0.2) is 0 Å². The number of hydrogen-bond donors (Lipinski definition) is 1. The molecule has 2 atom stereocenters. The number of nitrogens with one attached hydrogen (secondary N) is 1. The van der Waals surface area contributed by atoms with Gasteiger partial charge in [-0.25, -0.2) is 0 Å². The van der Waals surface area contributed by atoms with E-state index in [1.807, 2.05) is 31.2 Å². The monoisotopic (exact) mass is 343 g/mol. The predicted molar refractivity (Wildman–Crippen MR) is 94.7 cm³/mol. The Balaban J connectivity index is 1.44. The van der Waals surface area contributed by atoms with Gasteiger partial charge in [-0.1, -0.05) is 17.3 Å². The second-order valence-electron chi connectivity index (χ2n) is 7.46. The summed E-state index contributed by atoms with van der Waals surface area (Å²) in [6, 6.07) is 7.91. The van der Waals surface area contributed by atoms with Crippen LogP contribution in [0.15, 0.2) is 29.4 Å². The third kappa shape index (κ3) is 2.99. The Morgan fingerprint density at radius 3 is 2.80 bits per heavy atom. The number of amides is 1. The van der Waals surface area contributed by atoms with Crippen LogP contribution in [-0.2, 0) is 9.63 Å². The topological polar surface area (TPSA) is 63.2 Å². The molecule has 25 heavy (non-hydrogen) atoms. The first kappa shape index (κ1) is 16.4. The van der Waals surface area contributed by atoms with Crippen molar-refractivity contribution >= 4 is 11.6 Å². The lowest BCUT2D eigenvalue weighted by atomic mass is 9.83. The van der Waals surface area contributed by atoms with Crippen molar-refractivity contribution in [3.05, 3.63) is 29.8 Å². The highest BCUT2D eigenvalue weighted by Crippen LogP contribution is 2.32. The number of hydrogen-bond acceptors (Lipinski definition) is 5. The summed E-state index contributed by atoms with van der Waals surface area (Å²) in [4.78, 5) is 20.9. The van der Waals surface area contributed by atoms with Crippen LogP contribution >= 0.6 is 0 Å². The summed E-state index contributed by atoms with van der Waals surface area (Å²) < 4.78 is 5.40. The van der Waals surface area contributed by atoms with Crippen molar-refractivity contribution in [2.75, 3.05) is 26.7 Å². The predicted octanol–water partition coefficient (Wildman–Crippen LogP) is 1.79. The normalized spacial score (nSPS) is 33.5. The van der Waals surface area contributed by atoms with Gasteiger partial charge in [0.25, 0.3) is 5.91 Å². The summed E-state index contributed by atoms with van der Waals surface area (Å²) in [6.45, 7) is 5.08. The molecule has 2 bridgehead atoms. The van der Waals surface area contributed by atoms with Gasteiger partial charge in [-0.3, -0.25) is 4.79 Å². The molecule has 6 heteroatoms. The van der Waals surface area contributed by atoms with E-state index in [4.69, 9.17) is 9.57 Å². The number of para-hydroxylation sites is 1. The Hall–Kier alpha value is -2.08. The van der Waals surface area contributed by atoms with Gasteiger partial charge in [0, 0.05) is 24.6 Å². The third-order valence-corrected chi connectivity index (χ3v) is 5.73. The zero-order valence-corrected chi connectivity index (χ0v) is 14.8. The smallest absolute Gasteiger partial charge is 0.267 e. The largest absolute Gasteiger partial charge is 0.496 e. The number of carbonyl (C=O) groups excluding carboxylic acids is 1. The van der Waals surface area contributed by atoms with Crippen LogP contribution in [0.4, 0.5) is 0 Å². The minimum absolute atomic E-state index is 0.0695. The van der Waals surface area contributed by atoms with Gasteiger partial charge in [0.2, 0.25) is 5.60 Å². The highest BCUT2D eigenvalue weighted by atomic mass is 16.7. The minimum Gasteiger partial charge on any atom is -0.496 e.